The molecule has 246 valence electrons. The first-order chi connectivity index (χ1) is 22.5. The van der Waals surface area contributed by atoms with E-state index in [1.807, 2.05) is 65.6 Å². The fourth-order valence-corrected chi connectivity index (χ4v) is 5.89. The molecule has 0 spiro atoms. The Hall–Kier alpha value is -3.63. The number of nitrogens with one attached hydrogen (secondary N) is 2. The van der Waals surface area contributed by atoms with Crippen molar-refractivity contribution in [2.24, 2.45) is 0 Å². The fourth-order valence-electron chi connectivity index (χ4n) is 5.71. The molecule has 2 fully saturated rings. The van der Waals surface area contributed by atoms with E-state index in [0.717, 1.165) is 55.6 Å². The number of rotatable bonds is 17. The molecule has 1 saturated heterocycles. The van der Waals surface area contributed by atoms with Crippen molar-refractivity contribution < 1.29 is 23.8 Å². The molecule has 5 rings (SSSR count). The summed E-state index contributed by atoms with van der Waals surface area (Å²) in [5.41, 5.74) is 3.80. The van der Waals surface area contributed by atoms with E-state index >= 15 is 0 Å². The summed E-state index contributed by atoms with van der Waals surface area (Å²) in [6.07, 6.45) is 3.52. The second-order valence-electron chi connectivity index (χ2n) is 11.7. The number of hydrogen-bond acceptors (Lipinski definition) is 7. The lowest BCUT2D eigenvalue weighted by Crippen LogP contribution is -2.61. The Bertz CT molecular complexity index is 1450. The second-order valence-corrected chi connectivity index (χ2v) is 12.1. The van der Waals surface area contributed by atoms with Crippen molar-refractivity contribution in [1.29, 1.82) is 0 Å². The number of anilines is 1. The molecule has 2 aliphatic rings. The number of amides is 2. The van der Waals surface area contributed by atoms with Crippen LogP contribution < -0.4 is 25.0 Å². The third kappa shape index (κ3) is 9.00. The Morgan fingerprint density at radius 1 is 1.07 bits per heavy atom. The van der Waals surface area contributed by atoms with Crippen LogP contribution in [0.3, 0.4) is 0 Å². The summed E-state index contributed by atoms with van der Waals surface area (Å²) in [6.45, 7) is 6.41. The Morgan fingerprint density at radius 2 is 1.87 bits per heavy atom. The van der Waals surface area contributed by atoms with E-state index in [1.54, 1.807) is 12.0 Å². The lowest BCUT2D eigenvalue weighted by molar-refractivity contribution is -0.136. The summed E-state index contributed by atoms with van der Waals surface area (Å²) in [5.74, 6) is 1.31. The molecular weight excluding hydrogens is 604 g/mol. The number of halogens is 1. The zero-order valence-corrected chi connectivity index (χ0v) is 27.6. The molecule has 3 aromatic carbocycles. The largest absolute Gasteiger partial charge is 0.496 e. The van der Waals surface area contributed by atoms with Crippen molar-refractivity contribution >= 4 is 29.1 Å². The van der Waals surface area contributed by atoms with Gasteiger partial charge >= 0.3 is 0 Å². The molecule has 0 aromatic heterocycles. The number of hydrogen-bond donors (Lipinski definition) is 2. The number of para-hydroxylation sites is 1. The molecule has 10 heteroatoms. The quantitative estimate of drug-likeness (QED) is 0.200. The van der Waals surface area contributed by atoms with Gasteiger partial charge in [-0.25, -0.2) is 0 Å². The molecule has 9 nitrogen and oxygen atoms in total. The highest BCUT2D eigenvalue weighted by Gasteiger charge is 2.41. The molecule has 1 aliphatic carbocycles. The van der Waals surface area contributed by atoms with Gasteiger partial charge in [0.2, 0.25) is 11.8 Å². The Kier molecular flexibility index (Phi) is 12.3. The van der Waals surface area contributed by atoms with Crippen LogP contribution in [0.4, 0.5) is 5.69 Å². The molecule has 2 amide bonds. The fraction of sp³-hybridized carbons (Fsp3) is 0.444. The first-order valence-electron chi connectivity index (χ1n) is 16.2. The van der Waals surface area contributed by atoms with E-state index < -0.39 is 6.04 Å². The van der Waals surface area contributed by atoms with Gasteiger partial charge in [-0.05, 0) is 79.9 Å². The van der Waals surface area contributed by atoms with Crippen LogP contribution in [0.15, 0.2) is 66.7 Å². The number of methoxy groups -OCH3 is 1. The maximum absolute atomic E-state index is 14.1. The van der Waals surface area contributed by atoms with Crippen molar-refractivity contribution in [3.63, 3.8) is 0 Å². The Balaban J connectivity index is 1.18. The zero-order valence-electron chi connectivity index (χ0n) is 26.8. The average molecular weight is 649 g/mol. The summed E-state index contributed by atoms with van der Waals surface area (Å²) in [7, 11) is 1.65. The van der Waals surface area contributed by atoms with E-state index in [4.69, 9.17) is 25.8 Å². The normalized spacial score (nSPS) is 16.4. The summed E-state index contributed by atoms with van der Waals surface area (Å²) in [4.78, 5) is 30.9. The topological polar surface area (TPSA) is 92.4 Å². The number of carbonyl (C=O) groups excluding carboxylic acids is 2. The molecule has 0 radical (unpaired) electrons. The molecule has 1 aliphatic heterocycles. The van der Waals surface area contributed by atoms with Gasteiger partial charge in [0.15, 0.2) is 0 Å². The van der Waals surface area contributed by atoms with Gasteiger partial charge in [0.05, 0.1) is 33.5 Å². The van der Waals surface area contributed by atoms with Crippen molar-refractivity contribution in [3.05, 3.63) is 88.4 Å². The predicted octanol–water partition coefficient (Wildman–Crippen LogP) is 4.98. The van der Waals surface area contributed by atoms with Crippen LogP contribution in [-0.4, -0.2) is 75.3 Å². The van der Waals surface area contributed by atoms with Gasteiger partial charge in [0.1, 0.15) is 17.5 Å². The van der Waals surface area contributed by atoms with Crippen LogP contribution in [0.2, 0.25) is 5.02 Å². The zero-order chi connectivity index (χ0) is 32.3. The predicted molar refractivity (Wildman–Crippen MR) is 181 cm³/mol. The molecule has 0 unspecified atom stereocenters. The minimum Gasteiger partial charge on any atom is -0.496 e. The lowest BCUT2D eigenvalue weighted by atomic mass is 10.1. The van der Waals surface area contributed by atoms with Crippen LogP contribution in [-0.2, 0) is 33.9 Å². The van der Waals surface area contributed by atoms with E-state index in [-0.39, 0.29) is 24.4 Å². The molecule has 0 bridgehead atoms. The summed E-state index contributed by atoms with van der Waals surface area (Å²) < 4.78 is 17.1. The minimum atomic E-state index is -0.648. The summed E-state index contributed by atoms with van der Waals surface area (Å²) >= 11 is 6.62. The van der Waals surface area contributed by atoms with Crippen LogP contribution in [0, 0.1) is 0 Å². The number of ether oxygens (including phenoxy) is 3. The van der Waals surface area contributed by atoms with Gasteiger partial charge in [-0.15, -0.1) is 0 Å². The molecule has 1 atom stereocenters. The average Bonchev–Trinajstić information content (AvgIpc) is 3.92. The summed E-state index contributed by atoms with van der Waals surface area (Å²) in [5, 5.41) is 7.16. The van der Waals surface area contributed by atoms with Gasteiger partial charge in [-0.2, -0.15) is 0 Å². The van der Waals surface area contributed by atoms with Crippen molar-refractivity contribution in [2.45, 2.75) is 57.8 Å². The van der Waals surface area contributed by atoms with Crippen molar-refractivity contribution in [2.75, 3.05) is 51.4 Å². The number of benzene rings is 3. The van der Waals surface area contributed by atoms with Crippen LogP contribution in [0.5, 0.6) is 11.5 Å². The van der Waals surface area contributed by atoms with Gasteiger partial charge in [-0.3, -0.25) is 14.5 Å². The standard InChI is InChI=1S/C36H45ClN4O5/c1-3-38-18-17-26-9-16-32(37)28(21-26)24-40(29-10-11-29)36(43)33-22-39-23-35(42)41(33)30-12-14-31(15-13-30)46-20-6-19-45-25-27-7-4-5-8-34(27)44-2/h4-5,7-9,12-16,21,29,33,38-39H,3,6,10-11,17-20,22-25H2,1-2H3/t33-/m1/s1. The maximum Gasteiger partial charge on any atom is 0.247 e. The SMILES string of the molecule is CCNCCc1ccc(Cl)c(CN(C(=O)[C@H]2CNCC(=O)N2c2ccc(OCCCOCc3ccccc3OC)cc2)C2CC2)c1. The van der Waals surface area contributed by atoms with E-state index in [1.165, 1.54) is 5.56 Å². The highest BCUT2D eigenvalue weighted by Crippen LogP contribution is 2.33. The maximum atomic E-state index is 14.1. The highest BCUT2D eigenvalue weighted by atomic mass is 35.5. The first-order valence-corrected chi connectivity index (χ1v) is 16.6. The number of nitrogens with zero attached hydrogens (tertiary/aromatic N) is 2. The Morgan fingerprint density at radius 3 is 2.63 bits per heavy atom. The molecule has 1 heterocycles. The first kappa shape index (κ1) is 33.7. The third-order valence-electron chi connectivity index (χ3n) is 8.31. The lowest BCUT2D eigenvalue weighted by Gasteiger charge is -2.38. The third-order valence-corrected chi connectivity index (χ3v) is 8.68. The van der Waals surface area contributed by atoms with Crippen LogP contribution >= 0.6 is 11.6 Å². The van der Waals surface area contributed by atoms with E-state index in [9.17, 15) is 9.59 Å². The van der Waals surface area contributed by atoms with E-state index in [2.05, 4.69) is 23.6 Å². The van der Waals surface area contributed by atoms with Crippen LogP contribution in [0.25, 0.3) is 0 Å². The van der Waals surface area contributed by atoms with Gasteiger partial charge < -0.3 is 29.7 Å². The highest BCUT2D eigenvalue weighted by molar-refractivity contribution is 6.31. The number of likely N-dealkylation sites (N-methyl/N-ethyl adjacent to an activating group) is 1. The van der Waals surface area contributed by atoms with Crippen molar-refractivity contribution in [3.8, 4) is 11.5 Å². The van der Waals surface area contributed by atoms with E-state index in [0.29, 0.717) is 49.4 Å². The monoisotopic (exact) mass is 648 g/mol. The smallest absolute Gasteiger partial charge is 0.247 e. The van der Waals surface area contributed by atoms with Crippen LogP contribution in [0.1, 0.15) is 42.9 Å². The van der Waals surface area contributed by atoms with Gasteiger partial charge in [-0.1, -0.05) is 48.9 Å². The van der Waals surface area contributed by atoms with Crippen molar-refractivity contribution in [1.82, 2.24) is 15.5 Å². The van der Waals surface area contributed by atoms with Gasteiger partial charge in [0, 0.05) is 41.8 Å². The molecule has 46 heavy (non-hydrogen) atoms. The minimum absolute atomic E-state index is 0.0642. The number of carbonyl (C=O) groups is 2. The summed E-state index contributed by atoms with van der Waals surface area (Å²) in [6, 6.07) is 20.8. The number of piperazine rings is 1. The molecular formula is C36H45ClN4O5. The molecule has 2 N–H and O–H groups in total. The second kappa shape index (κ2) is 16.8. The molecule has 3 aromatic rings. The van der Waals surface area contributed by atoms with Gasteiger partial charge in [0.25, 0.3) is 0 Å². The Labute approximate surface area is 277 Å². The molecule has 1 saturated carbocycles.